The van der Waals surface area contributed by atoms with Crippen molar-refractivity contribution in [1.82, 2.24) is 5.32 Å². The van der Waals surface area contributed by atoms with E-state index >= 15 is 0 Å². The van der Waals surface area contributed by atoms with E-state index in [9.17, 15) is 4.79 Å². The van der Waals surface area contributed by atoms with Crippen molar-refractivity contribution in [3.05, 3.63) is 64.2 Å². The van der Waals surface area contributed by atoms with Crippen LogP contribution in [-0.2, 0) is 17.6 Å². The first-order valence-corrected chi connectivity index (χ1v) is 10.1. The number of carbonyl (C=O) groups is 1. The molecule has 2 atom stereocenters. The lowest BCUT2D eigenvalue weighted by molar-refractivity contribution is -0.128. The lowest BCUT2D eigenvalue weighted by Crippen LogP contribution is -2.38. The number of hydrogen-bond donors (Lipinski definition) is 1. The van der Waals surface area contributed by atoms with Gasteiger partial charge in [-0.15, -0.1) is 0 Å². The quantitative estimate of drug-likeness (QED) is 0.762. The molecule has 1 amide bonds. The van der Waals surface area contributed by atoms with E-state index < -0.39 is 6.10 Å². The molecule has 0 heterocycles. The second-order valence-electron chi connectivity index (χ2n) is 7.69. The smallest absolute Gasteiger partial charge is 0.261 e. The van der Waals surface area contributed by atoms with Crippen LogP contribution in [0.5, 0.6) is 5.75 Å². The van der Waals surface area contributed by atoms with Crippen molar-refractivity contribution < 1.29 is 9.53 Å². The third-order valence-corrected chi connectivity index (χ3v) is 5.55. The maximum atomic E-state index is 12.8. The molecule has 0 spiro atoms. The molecule has 1 N–H and O–H groups in total. The predicted molar refractivity (Wildman–Crippen MR) is 110 cm³/mol. The summed E-state index contributed by atoms with van der Waals surface area (Å²) < 4.78 is 6.09. The van der Waals surface area contributed by atoms with Crippen molar-refractivity contribution >= 4 is 5.91 Å². The van der Waals surface area contributed by atoms with Crippen molar-refractivity contribution in [2.24, 2.45) is 0 Å². The van der Waals surface area contributed by atoms with Crippen LogP contribution in [0.4, 0.5) is 0 Å². The molecule has 0 unspecified atom stereocenters. The van der Waals surface area contributed by atoms with Gasteiger partial charge in [0.1, 0.15) is 5.75 Å². The van der Waals surface area contributed by atoms with Crippen LogP contribution in [0.1, 0.15) is 67.0 Å². The summed E-state index contributed by atoms with van der Waals surface area (Å²) in [5, 5.41) is 3.18. The lowest BCUT2D eigenvalue weighted by atomic mass is 9.91. The van der Waals surface area contributed by atoms with E-state index in [0.717, 1.165) is 25.0 Å². The molecule has 2 aromatic carbocycles. The van der Waals surface area contributed by atoms with E-state index in [1.165, 1.54) is 40.7 Å². The Balaban J connectivity index is 1.70. The summed E-state index contributed by atoms with van der Waals surface area (Å²) in [6.45, 7) is 8.13. The first-order chi connectivity index (χ1) is 13.0. The normalized spacial score (nSPS) is 15.6. The highest BCUT2D eigenvalue weighted by molar-refractivity contribution is 5.81. The fraction of sp³-hybridized carbons (Fsp3) is 0.458. The van der Waals surface area contributed by atoms with Gasteiger partial charge in [0.05, 0.1) is 6.04 Å². The summed E-state index contributed by atoms with van der Waals surface area (Å²) in [6, 6.07) is 12.6. The van der Waals surface area contributed by atoms with Crippen LogP contribution in [0, 0.1) is 13.8 Å². The van der Waals surface area contributed by atoms with Crippen molar-refractivity contribution in [3.8, 4) is 5.75 Å². The predicted octanol–water partition coefficient (Wildman–Crippen LogP) is 5.22. The minimum Gasteiger partial charge on any atom is -0.481 e. The van der Waals surface area contributed by atoms with Gasteiger partial charge < -0.3 is 10.1 Å². The number of benzene rings is 2. The van der Waals surface area contributed by atoms with E-state index in [1.807, 2.05) is 19.1 Å². The highest BCUT2D eigenvalue weighted by atomic mass is 16.5. The van der Waals surface area contributed by atoms with E-state index in [1.54, 1.807) is 0 Å². The first-order valence-electron chi connectivity index (χ1n) is 10.1. The van der Waals surface area contributed by atoms with Gasteiger partial charge in [0, 0.05) is 0 Å². The number of hydrogen-bond acceptors (Lipinski definition) is 2. The van der Waals surface area contributed by atoms with Crippen LogP contribution in [0.3, 0.4) is 0 Å². The lowest BCUT2D eigenvalue weighted by Gasteiger charge is -2.24. The number of nitrogens with one attached hydrogen (secondary N) is 1. The van der Waals surface area contributed by atoms with Crippen molar-refractivity contribution in [1.29, 1.82) is 0 Å². The Morgan fingerprint density at radius 2 is 1.93 bits per heavy atom. The Kier molecular flexibility index (Phi) is 6.20. The van der Waals surface area contributed by atoms with Gasteiger partial charge in [-0.3, -0.25) is 4.79 Å². The Hall–Kier alpha value is -2.29. The molecule has 0 fully saturated rings. The minimum absolute atomic E-state index is 0.00818. The number of rotatable bonds is 6. The van der Waals surface area contributed by atoms with Gasteiger partial charge in [0.15, 0.2) is 6.10 Å². The second kappa shape index (κ2) is 8.60. The zero-order valence-corrected chi connectivity index (χ0v) is 17.0. The molecular weight excluding hydrogens is 334 g/mol. The maximum absolute atomic E-state index is 12.8. The molecule has 3 nitrogen and oxygen atoms in total. The summed E-state index contributed by atoms with van der Waals surface area (Å²) in [7, 11) is 0. The molecule has 0 aromatic heterocycles. The Morgan fingerprint density at radius 3 is 2.67 bits per heavy atom. The van der Waals surface area contributed by atoms with Gasteiger partial charge in [-0.2, -0.15) is 0 Å². The fourth-order valence-electron chi connectivity index (χ4n) is 4.01. The second-order valence-corrected chi connectivity index (χ2v) is 7.69. The van der Waals surface area contributed by atoms with E-state index in [4.69, 9.17) is 4.74 Å². The van der Waals surface area contributed by atoms with Gasteiger partial charge in [0.2, 0.25) is 0 Å². The average molecular weight is 366 g/mol. The number of amides is 1. The molecule has 3 heteroatoms. The molecule has 0 radical (unpaired) electrons. The monoisotopic (exact) mass is 365 g/mol. The molecule has 144 valence electrons. The summed E-state index contributed by atoms with van der Waals surface area (Å²) >= 11 is 0. The molecule has 1 aliphatic carbocycles. The van der Waals surface area contributed by atoms with Gasteiger partial charge in [-0.1, -0.05) is 42.8 Å². The van der Waals surface area contributed by atoms with Gasteiger partial charge in [-0.05, 0) is 81.2 Å². The van der Waals surface area contributed by atoms with E-state index in [-0.39, 0.29) is 11.9 Å². The van der Waals surface area contributed by atoms with Crippen LogP contribution in [0.15, 0.2) is 36.4 Å². The standard InChI is InChI=1S/C24H31NO2/c1-5-22(20-14-13-16(2)15-17(20)3)25-24(26)18(4)27-23-12-8-10-19-9-6-7-11-21(19)23/h8,10,12-15,18,22H,5-7,9,11H2,1-4H3,(H,25,26)/t18-,22-/m1/s1. The third kappa shape index (κ3) is 4.52. The molecule has 2 aromatic rings. The molecule has 3 rings (SSSR count). The fourth-order valence-corrected chi connectivity index (χ4v) is 4.01. The first kappa shape index (κ1) is 19.5. The molecular formula is C24H31NO2. The number of aryl methyl sites for hydroxylation is 3. The molecule has 0 aliphatic heterocycles. The van der Waals surface area contributed by atoms with Crippen molar-refractivity contribution in [3.63, 3.8) is 0 Å². The Morgan fingerprint density at radius 1 is 1.15 bits per heavy atom. The Labute approximate surface area is 163 Å². The van der Waals surface area contributed by atoms with Crippen LogP contribution in [0.2, 0.25) is 0 Å². The highest BCUT2D eigenvalue weighted by Crippen LogP contribution is 2.30. The molecule has 1 aliphatic rings. The van der Waals surface area contributed by atoms with Crippen LogP contribution in [0.25, 0.3) is 0 Å². The van der Waals surface area contributed by atoms with Gasteiger partial charge in [0.25, 0.3) is 5.91 Å². The molecule has 27 heavy (non-hydrogen) atoms. The van der Waals surface area contributed by atoms with Crippen LogP contribution < -0.4 is 10.1 Å². The molecule has 0 saturated heterocycles. The highest BCUT2D eigenvalue weighted by Gasteiger charge is 2.22. The van der Waals surface area contributed by atoms with Crippen molar-refractivity contribution in [2.75, 3.05) is 0 Å². The summed E-state index contributed by atoms with van der Waals surface area (Å²) in [5.74, 6) is 0.810. The van der Waals surface area contributed by atoms with Crippen LogP contribution in [-0.4, -0.2) is 12.0 Å². The minimum atomic E-state index is -0.516. The van der Waals surface area contributed by atoms with E-state index in [0.29, 0.717) is 0 Å². The summed E-state index contributed by atoms with van der Waals surface area (Å²) in [4.78, 5) is 12.8. The zero-order valence-electron chi connectivity index (χ0n) is 17.0. The number of carbonyl (C=O) groups excluding carboxylic acids is 1. The molecule has 0 saturated carbocycles. The van der Waals surface area contributed by atoms with Gasteiger partial charge >= 0.3 is 0 Å². The third-order valence-electron chi connectivity index (χ3n) is 5.55. The zero-order chi connectivity index (χ0) is 19.4. The molecule has 0 bridgehead atoms. The Bertz CT molecular complexity index is 812. The largest absolute Gasteiger partial charge is 0.481 e. The van der Waals surface area contributed by atoms with E-state index in [2.05, 4.69) is 50.4 Å². The summed E-state index contributed by atoms with van der Waals surface area (Å²) in [6.07, 6.45) is 4.91. The van der Waals surface area contributed by atoms with Crippen LogP contribution >= 0.6 is 0 Å². The topological polar surface area (TPSA) is 38.3 Å². The SMILES string of the molecule is CC[C@@H](NC(=O)[C@@H](C)Oc1cccc2c1CCCC2)c1ccc(C)cc1C. The number of fused-ring (bicyclic) bond motifs is 1. The number of ether oxygens (including phenoxy) is 1. The van der Waals surface area contributed by atoms with Crippen molar-refractivity contribution in [2.45, 2.75) is 71.9 Å². The average Bonchev–Trinajstić information content (AvgIpc) is 2.66. The van der Waals surface area contributed by atoms with Gasteiger partial charge in [-0.25, -0.2) is 0 Å². The maximum Gasteiger partial charge on any atom is 0.261 e. The summed E-state index contributed by atoms with van der Waals surface area (Å²) in [5.41, 5.74) is 6.29.